The molecule has 0 aromatic carbocycles. The molecule has 0 aromatic heterocycles. The minimum Gasteiger partial charge on any atom is -0.458 e. The van der Waals surface area contributed by atoms with Crippen LogP contribution in [0.5, 0.6) is 0 Å². The van der Waals surface area contributed by atoms with Crippen LogP contribution >= 0.6 is 0 Å². The van der Waals surface area contributed by atoms with Crippen LogP contribution in [0.2, 0.25) is 0 Å². The molecule has 2 N–H and O–H groups in total. The third-order valence-corrected chi connectivity index (χ3v) is 5.78. The van der Waals surface area contributed by atoms with Crippen molar-refractivity contribution in [2.24, 2.45) is 22.6 Å². The standard InChI is InChI=1S/C22H34N4O4/c1-15(24)25-14-8-7-11-22(12-13-23,20(29)30-21(2,3)4)26-18(27)16-9-5-6-10-17(16)19(26)28/h16-17H,5-12,14H2,1-4H3,(H2,24,25). The summed E-state index contributed by atoms with van der Waals surface area (Å²) in [6.45, 7) is 7.37. The molecule has 2 aliphatic rings. The molecular formula is C22H34N4O4. The number of unbranched alkanes of at least 4 members (excludes halogenated alkanes) is 1. The molecule has 1 heterocycles. The molecule has 1 aliphatic heterocycles. The van der Waals surface area contributed by atoms with Crippen LogP contribution in [0.15, 0.2) is 4.99 Å². The van der Waals surface area contributed by atoms with E-state index in [2.05, 4.69) is 4.99 Å². The fourth-order valence-corrected chi connectivity index (χ4v) is 4.42. The first-order valence-electron chi connectivity index (χ1n) is 10.8. The second-order valence-corrected chi connectivity index (χ2v) is 9.36. The summed E-state index contributed by atoms with van der Waals surface area (Å²) in [5, 5.41) is 9.57. The first kappa shape index (κ1) is 23.8. The molecule has 0 spiro atoms. The number of carbonyl (C=O) groups excluding carboxylic acids is 3. The van der Waals surface area contributed by atoms with Crippen molar-refractivity contribution in [3.63, 3.8) is 0 Å². The molecule has 2 amide bonds. The topological polar surface area (TPSA) is 126 Å². The summed E-state index contributed by atoms with van der Waals surface area (Å²) in [7, 11) is 0. The highest BCUT2D eigenvalue weighted by Crippen LogP contribution is 2.43. The summed E-state index contributed by atoms with van der Waals surface area (Å²) >= 11 is 0. The lowest BCUT2D eigenvalue weighted by atomic mass is 9.81. The average molecular weight is 419 g/mol. The number of imide groups is 1. The maximum Gasteiger partial charge on any atom is 0.334 e. The number of nitriles is 1. The van der Waals surface area contributed by atoms with E-state index in [-0.39, 0.29) is 24.7 Å². The van der Waals surface area contributed by atoms with E-state index in [9.17, 15) is 19.6 Å². The third-order valence-electron chi connectivity index (χ3n) is 5.78. The van der Waals surface area contributed by atoms with Crippen LogP contribution in [-0.4, -0.2) is 46.2 Å². The van der Waals surface area contributed by atoms with Crippen LogP contribution in [0.3, 0.4) is 0 Å². The summed E-state index contributed by atoms with van der Waals surface area (Å²) < 4.78 is 5.63. The highest BCUT2D eigenvalue weighted by molar-refractivity contribution is 6.09. The van der Waals surface area contributed by atoms with Gasteiger partial charge in [-0.2, -0.15) is 5.26 Å². The number of aliphatic imine (C=N–C) groups is 1. The van der Waals surface area contributed by atoms with Crippen molar-refractivity contribution in [3.8, 4) is 6.07 Å². The van der Waals surface area contributed by atoms with E-state index in [1.807, 2.05) is 6.07 Å². The lowest BCUT2D eigenvalue weighted by Crippen LogP contribution is -2.59. The quantitative estimate of drug-likeness (QED) is 0.212. The molecule has 3 unspecified atom stereocenters. The second-order valence-electron chi connectivity index (χ2n) is 9.36. The van der Waals surface area contributed by atoms with Crippen molar-refractivity contribution in [2.75, 3.05) is 6.54 Å². The molecule has 8 nitrogen and oxygen atoms in total. The van der Waals surface area contributed by atoms with Crippen LogP contribution < -0.4 is 5.73 Å². The highest BCUT2D eigenvalue weighted by Gasteiger charge is 2.59. The molecular weight excluding hydrogens is 384 g/mol. The van der Waals surface area contributed by atoms with Gasteiger partial charge in [0.05, 0.1) is 30.2 Å². The number of rotatable bonds is 8. The second kappa shape index (κ2) is 9.59. The van der Waals surface area contributed by atoms with Crippen LogP contribution in [0.25, 0.3) is 0 Å². The average Bonchev–Trinajstić information content (AvgIpc) is 2.90. The number of likely N-dealkylation sites (tertiary alicyclic amines) is 1. The molecule has 2 fully saturated rings. The maximum absolute atomic E-state index is 13.4. The number of nitrogens with two attached hydrogens (primary N) is 1. The van der Waals surface area contributed by atoms with E-state index >= 15 is 0 Å². The van der Waals surface area contributed by atoms with Gasteiger partial charge in [-0.15, -0.1) is 0 Å². The Kier molecular flexibility index (Phi) is 7.62. The van der Waals surface area contributed by atoms with Crippen molar-refractivity contribution in [2.45, 2.75) is 90.2 Å². The zero-order chi connectivity index (χ0) is 22.5. The molecule has 2 rings (SSSR count). The maximum atomic E-state index is 13.4. The Morgan fingerprint density at radius 3 is 2.23 bits per heavy atom. The molecule has 1 aliphatic carbocycles. The third kappa shape index (κ3) is 5.18. The first-order chi connectivity index (χ1) is 14.0. The van der Waals surface area contributed by atoms with Crippen molar-refractivity contribution in [1.29, 1.82) is 5.26 Å². The van der Waals surface area contributed by atoms with Crippen molar-refractivity contribution < 1.29 is 19.1 Å². The van der Waals surface area contributed by atoms with Gasteiger partial charge in [0, 0.05) is 6.54 Å². The minimum atomic E-state index is -1.60. The number of amidine groups is 1. The largest absolute Gasteiger partial charge is 0.458 e. The molecule has 1 saturated heterocycles. The van der Waals surface area contributed by atoms with Gasteiger partial charge in [-0.05, 0) is 59.8 Å². The first-order valence-corrected chi connectivity index (χ1v) is 10.8. The van der Waals surface area contributed by atoms with E-state index < -0.39 is 28.9 Å². The highest BCUT2D eigenvalue weighted by atomic mass is 16.6. The minimum absolute atomic E-state index is 0.172. The fourth-order valence-electron chi connectivity index (χ4n) is 4.42. The molecule has 1 saturated carbocycles. The van der Waals surface area contributed by atoms with Crippen LogP contribution in [0, 0.1) is 23.2 Å². The lowest BCUT2D eigenvalue weighted by molar-refractivity contribution is -0.177. The predicted molar refractivity (Wildman–Crippen MR) is 112 cm³/mol. The summed E-state index contributed by atoms with van der Waals surface area (Å²) in [4.78, 5) is 45.1. The zero-order valence-electron chi connectivity index (χ0n) is 18.6. The van der Waals surface area contributed by atoms with Gasteiger partial charge in [0.2, 0.25) is 11.8 Å². The Labute approximate surface area is 178 Å². The van der Waals surface area contributed by atoms with E-state index in [4.69, 9.17) is 10.5 Å². The molecule has 0 bridgehead atoms. The van der Waals surface area contributed by atoms with Gasteiger partial charge in [0.15, 0.2) is 5.54 Å². The number of fused-ring (bicyclic) bond motifs is 1. The number of carbonyl (C=O) groups is 3. The zero-order valence-corrected chi connectivity index (χ0v) is 18.6. The van der Waals surface area contributed by atoms with Crippen LogP contribution in [0.1, 0.15) is 79.1 Å². The normalized spacial score (nSPS) is 24.2. The number of nitrogens with zero attached hydrogens (tertiary/aromatic N) is 3. The van der Waals surface area contributed by atoms with Crippen molar-refractivity contribution >= 4 is 23.6 Å². The van der Waals surface area contributed by atoms with Gasteiger partial charge in [-0.25, -0.2) is 4.79 Å². The van der Waals surface area contributed by atoms with Gasteiger partial charge in [0.25, 0.3) is 0 Å². The molecule has 166 valence electrons. The number of hydrogen-bond acceptors (Lipinski definition) is 6. The number of ether oxygens (including phenoxy) is 1. The molecule has 0 radical (unpaired) electrons. The summed E-state index contributed by atoms with van der Waals surface area (Å²) in [6.07, 6.45) is 4.09. The summed E-state index contributed by atoms with van der Waals surface area (Å²) in [5.74, 6) is -1.66. The number of hydrogen-bond donors (Lipinski definition) is 1. The molecule has 30 heavy (non-hydrogen) atoms. The Morgan fingerprint density at radius 2 is 1.77 bits per heavy atom. The Balaban J connectivity index is 2.38. The van der Waals surface area contributed by atoms with Gasteiger partial charge >= 0.3 is 5.97 Å². The number of esters is 1. The van der Waals surface area contributed by atoms with Crippen LogP contribution in [-0.2, 0) is 19.1 Å². The predicted octanol–water partition coefficient (Wildman–Crippen LogP) is 2.70. The lowest BCUT2D eigenvalue weighted by Gasteiger charge is -2.39. The van der Waals surface area contributed by atoms with E-state index in [0.29, 0.717) is 38.1 Å². The van der Waals surface area contributed by atoms with Crippen LogP contribution in [0.4, 0.5) is 0 Å². The Hall–Kier alpha value is -2.43. The van der Waals surface area contributed by atoms with Gasteiger partial charge < -0.3 is 10.5 Å². The van der Waals surface area contributed by atoms with Gasteiger partial charge in [-0.3, -0.25) is 19.5 Å². The van der Waals surface area contributed by atoms with Crippen molar-refractivity contribution in [1.82, 2.24) is 4.90 Å². The van der Waals surface area contributed by atoms with Gasteiger partial charge in [-0.1, -0.05) is 12.8 Å². The summed E-state index contributed by atoms with van der Waals surface area (Å²) in [6, 6.07) is 2.04. The van der Waals surface area contributed by atoms with E-state index in [1.165, 1.54) is 0 Å². The van der Waals surface area contributed by atoms with E-state index in [0.717, 1.165) is 17.7 Å². The molecule has 8 heteroatoms. The fraction of sp³-hybridized carbons (Fsp3) is 0.773. The van der Waals surface area contributed by atoms with E-state index in [1.54, 1.807) is 27.7 Å². The van der Waals surface area contributed by atoms with Crippen molar-refractivity contribution in [3.05, 3.63) is 0 Å². The molecule has 3 atom stereocenters. The van der Waals surface area contributed by atoms with Gasteiger partial charge in [0.1, 0.15) is 5.60 Å². The Bertz CT molecular complexity index is 721. The Morgan fingerprint density at radius 1 is 1.20 bits per heavy atom. The number of amides is 2. The summed E-state index contributed by atoms with van der Waals surface area (Å²) in [5.41, 5.74) is 3.15. The SMILES string of the molecule is CC(N)=NCCCCC(CC#N)(C(=O)OC(C)(C)C)N1C(=O)C2CCCCC2C1=O. The molecule has 0 aromatic rings. The monoisotopic (exact) mass is 418 g/mol. The smallest absolute Gasteiger partial charge is 0.334 e.